The number of hydrogen-bond acceptors (Lipinski definition) is 3. The zero-order valence-electron chi connectivity index (χ0n) is 17.3. The van der Waals surface area contributed by atoms with Crippen LogP contribution in [0.5, 0.6) is 0 Å². The summed E-state index contributed by atoms with van der Waals surface area (Å²) in [5.74, 6) is -1.11. The Balaban J connectivity index is 1.74. The zero-order valence-corrected chi connectivity index (χ0v) is 17.3. The Hall–Kier alpha value is -3.93. The van der Waals surface area contributed by atoms with Gasteiger partial charge in [-0.15, -0.1) is 0 Å². The summed E-state index contributed by atoms with van der Waals surface area (Å²) in [4.78, 5) is 39.6. The molecular formula is C25H23N3O3. The molecule has 2 atom stereocenters. The van der Waals surface area contributed by atoms with Crippen molar-refractivity contribution in [2.75, 3.05) is 17.7 Å². The third-order valence-corrected chi connectivity index (χ3v) is 5.45. The summed E-state index contributed by atoms with van der Waals surface area (Å²) >= 11 is 0. The van der Waals surface area contributed by atoms with E-state index in [1.54, 1.807) is 48.3 Å². The van der Waals surface area contributed by atoms with Crippen molar-refractivity contribution in [3.63, 3.8) is 0 Å². The molecule has 2 N–H and O–H groups in total. The van der Waals surface area contributed by atoms with Gasteiger partial charge in [0.25, 0.3) is 5.91 Å². The van der Waals surface area contributed by atoms with Gasteiger partial charge in [0, 0.05) is 30.9 Å². The number of nitrogens with zero attached hydrogens (tertiary/aromatic N) is 1. The van der Waals surface area contributed by atoms with E-state index in [0.717, 1.165) is 5.56 Å². The first-order chi connectivity index (χ1) is 15.0. The molecule has 0 fully saturated rings. The van der Waals surface area contributed by atoms with Crippen LogP contribution in [-0.4, -0.2) is 29.7 Å². The smallest absolute Gasteiger partial charge is 0.254 e. The summed E-state index contributed by atoms with van der Waals surface area (Å²) in [6, 6.07) is 23.4. The molecule has 3 amide bonds. The van der Waals surface area contributed by atoms with Crippen LogP contribution in [0.3, 0.4) is 0 Å². The summed E-state index contributed by atoms with van der Waals surface area (Å²) < 4.78 is 0. The summed E-state index contributed by atoms with van der Waals surface area (Å²) in [7, 11) is 1.73. The fourth-order valence-corrected chi connectivity index (χ4v) is 4.12. The standard InChI is InChI=1S/C25H23N3O3/c1-16(29)26-18-11-8-12-19(15-18)27-24(30)22-20-13-6-7-14-21(20)25(31)28(2)23(22)17-9-4-3-5-10-17/h3-15,22-23H,1-2H3,(H,26,29)(H,27,30)/t22-,23-/m0/s1. The maximum absolute atomic E-state index is 13.6. The van der Waals surface area contributed by atoms with Crippen molar-refractivity contribution in [2.45, 2.75) is 18.9 Å². The zero-order chi connectivity index (χ0) is 22.0. The molecule has 0 spiro atoms. The fourth-order valence-electron chi connectivity index (χ4n) is 4.12. The number of fused-ring (bicyclic) bond motifs is 1. The molecule has 0 bridgehead atoms. The number of nitrogens with one attached hydrogen (secondary N) is 2. The van der Waals surface area contributed by atoms with Gasteiger partial charge in [0.1, 0.15) is 0 Å². The van der Waals surface area contributed by atoms with Crippen LogP contribution < -0.4 is 10.6 Å². The van der Waals surface area contributed by atoms with Gasteiger partial charge in [0.15, 0.2) is 0 Å². The van der Waals surface area contributed by atoms with E-state index in [1.807, 2.05) is 42.5 Å². The van der Waals surface area contributed by atoms with Crippen LogP contribution in [0.4, 0.5) is 11.4 Å². The van der Waals surface area contributed by atoms with E-state index in [0.29, 0.717) is 22.5 Å². The van der Waals surface area contributed by atoms with Crippen LogP contribution >= 0.6 is 0 Å². The summed E-state index contributed by atoms with van der Waals surface area (Å²) in [6.45, 7) is 1.43. The third kappa shape index (κ3) is 4.05. The van der Waals surface area contributed by atoms with Crippen LogP contribution in [0.25, 0.3) is 0 Å². The molecule has 31 heavy (non-hydrogen) atoms. The quantitative estimate of drug-likeness (QED) is 0.673. The van der Waals surface area contributed by atoms with Crippen LogP contribution in [0, 0.1) is 0 Å². The van der Waals surface area contributed by atoms with Crippen molar-refractivity contribution in [3.8, 4) is 0 Å². The molecule has 1 aliphatic rings. The molecule has 0 aromatic heterocycles. The molecule has 1 heterocycles. The molecule has 6 heteroatoms. The first-order valence-corrected chi connectivity index (χ1v) is 10.1. The first kappa shape index (κ1) is 20.3. The number of anilines is 2. The lowest BCUT2D eigenvalue weighted by Crippen LogP contribution is -2.44. The molecule has 156 valence electrons. The van der Waals surface area contributed by atoms with Crippen molar-refractivity contribution in [3.05, 3.63) is 95.6 Å². The predicted molar refractivity (Wildman–Crippen MR) is 120 cm³/mol. The number of hydrogen-bond donors (Lipinski definition) is 2. The molecule has 4 rings (SSSR count). The molecule has 0 unspecified atom stereocenters. The topological polar surface area (TPSA) is 78.5 Å². The van der Waals surface area contributed by atoms with E-state index in [1.165, 1.54) is 6.92 Å². The summed E-state index contributed by atoms with van der Waals surface area (Å²) in [5.41, 5.74) is 3.29. The average Bonchev–Trinajstić information content (AvgIpc) is 2.76. The van der Waals surface area contributed by atoms with Crippen molar-refractivity contribution in [2.24, 2.45) is 0 Å². The van der Waals surface area contributed by atoms with Gasteiger partial charge >= 0.3 is 0 Å². The molecule has 6 nitrogen and oxygen atoms in total. The van der Waals surface area contributed by atoms with E-state index in [2.05, 4.69) is 10.6 Å². The third-order valence-electron chi connectivity index (χ3n) is 5.45. The lowest BCUT2D eigenvalue weighted by molar-refractivity contribution is -0.119. The van der Waals surface area contributed by atoms with E-state index >= 15 is 0 Å². The summed E-state index contributed by atoms with van der Waals surface area (Å²) in [5, 5.41) is 5.69. The van der Waals surface area contributed by atoms with Crippen LogP contribution in [0.2, 0.25) is 0 Å². The lowest BCUT2D eigenvalue weighted by atomic mass is 9.79. The Kier molecular flexibility index (Phi) is 5.54. The van der Waals surface area contributed by atoms with E-state index in [-0.39, 0.29) is 17.7 Å². The fraction of sp³-hybridized carbons (Fsp3) is 0.160. The number of benzene rings is 3. The Morgan fingerprint density at radius 3 is 2.19 bits per heavy atom. The van der Waals surface area contributed by atoms with E-state index < -0.39 is 12.0 Å². The second-order valence-corrected chi connectivity index (χ2v) is 7.59. The second-order valence-electron chi connectivity index (χ2n) is 7.59. The SMILES string of the molecule is CC(=O)Nc1cccc(NC(=O)[C@H]2c3ccccc3C(=O)N(C)[C@H]2c2ccccc2)c1. The minimum Gasteiger partial charge on any atom is -0.334 e. The predicted octanol–water partition coefficient (Wildman–Crippen LogP) is 4.19. The highest BCUT2D eigenvalue weighted by Crippen LogP contribution is 2.42. The molecule has 0 saturated carbocycles. The first-order valence-electron chi connectivity index (χ1n) is 10.1. The Labute approximate surface area is 180 Å². The van der Waals surface area contributed by atoms with Crippen molar-refractivity contribution in [1.82, 2.24) is 4.90 Å². The van der Waals surface area contributed by atoms with Gasteiger partial charge in [-0.05, 0) is 35.4 Å². The monoisotopic (exact) mass is 413 g/mol. The Morgan fingerprint density at radius 1 is 0.839 bits per heavy atom. The number of rotatable bonds is 4. The highest BCUT2D eigenvalue weighted by atomic mass is 16.2. The molecule has 3 aromatic rings. The van der Waals surface area contributed by atoms with Gasteiger partial charge in [0.05, 0.1) is 12.0 Å². The maximum atomic E-state index is 13.6. The second kappa shape index (κ2) is 8.44. The minimum absolute atomic E-state index is 0.110. The maximum Gasteiger partial charge on any atom is 0.254 e. The van der Waals surface area contributed by atoms with Crippen molar-refractivity contribution >= 4 is 29.1 Å². The van der Waals surface area contributed by atoms with Gasteiger partial charge in [-0.1, -0.05) is 54.6 Å². The Bertz CT molecular complexity index is 1140. The number of amides is 3. The number of carbonyl (C=O) groups is 3. The number of likely N-dealkylation sites (N-methyl/N-ethyl adjacent to an activating group) is 1. The average molecular weight is 413 g/mol. The van der Waals surface area contributed by atoms with Gasteiger partial charge in [-0.3, -0.25) is 14.4 Å². The van der Waals surface area contributed by atoms with Gasteiger partial charge in [-0.2, -0.15) is 0 Å². The number of carbonyl (C=O) groups excluding carboxylic acids is 3. The molecule has 0 aliphatic carbocycles. The van der Waals surface area contributed by atoms with E-state index in [4.69, 9.17) is 0 Å². The molecule has 3 aromatic carbocycles. The van der Waals surface area contributed by atoms with Gasteiger partial charge in [0.2, 0.25) is 11.8 Å². The molecule has 0 saturated heterocycles. The lowest BCUT2D eigenvalue weighted by Gasteiger charge is -2.39. The van der Waals surface area contributed by atoms with Crippen LogP contribution in [0.1, 0.15) is 40.4 Å². The van der Waals surface area contributed by atoms with Gasteiger partial charge in [-0.25, -0.2) is 0 Å². The largest absolute Gasteiger partial charge is 0.334 e. The van der Waals surface area contributed by atoms with Crippen LogP contribution in [-0.2, 0) is 9.59 Å². The van der Waals surface area contributed by atoms with Gasteiger partial charge < -0.3 is 15.5 Å². The normalized spacial score (nSPS) is 17.6. The highest BCUT2D eigenvalue weighted by Gasteiger charge is 2.42. The molecule has 1 aliphatic heterocycles. The minimum atomic E-state index is -0.592. The van der Waals surface area contributed by atoms with Crippen molar-refractivity contribution < 1.29 is 14.4 Å². The molecule has 0 radical (unpaired) electrons. The Morgan fingerprint density at radius 2 is 1.48 bits per heavy atom. The molecular weight excluding hydrogens is 390 g/mol. The van der Waals surface area contributed by atoms with Crippen molar-refractivity contribution in [1.29, 1.82) is 0 Å². The van der Waals surface area contributed by atoms with Crippen LogP contribution in [0.15, 0.2) is 78.9 Å². The van der Waals surface area contributed by atoms with E-state index in [9.17, 15) is 14.4 Å². The summed E-state index contributed by atoms with van der Waals surface area (Å²) in [6.07, 6.45) is 0. The highest BCUT2D eigenvalue weighted by molar-refractivity contribution is 6.04.